The Morgan fingerprint density at radius 1 is 1.73 bits per heavy atom. The van der Waals surface area contributed by atoms with Gasteiger partial charge in [-0.1, -0.05) is 0 Å². The summed E-state index contributed by atoms with van der Waals surface area (Å²) in [5.74, 6) is -0.0491. The van der Waals surface area contributed by atoms with Crippen LogP contribution in [0.15, 0.2) is 18.3 Å². The first kappa shape index (κ1) is 7.94. The minimum Gasteiger partial charge on any atom is -0.358 e. The van der Waals surface area contributed by atoms with Crippen LogP contribution in [0.4, 0.5) is 5.82 Å². The van der Waals surface area contributed by atoms with Gasteiger partial charge in [0.2, 0.25) is 0 Å². The smallest absolute Gasteiger partial charge is 0.358 e. The number of nitro groups is 1. The van der Waals surface area contributed by atoms with Crippen LogP contribution in [0.3, 0.4) is 0 Å². The van der Waals surface area contributed by atoms with Crippen LogP contribution >= 0.6 is 11.6 Å². The molecule has 58 valence electrons. The number of halogens is 1. The van der Waals surface area contributed by atoms with E-state index in [9.17, 15) is 10.1 Å². The van der Waals surface area contributed by atoms with Gasteiger partial charge in [0, 0.05) is 0 Å². The highest BCUT2D eigenvalue weighted by molar-refractivity contribution is 6.17. The molecule has 4 nitrogen and oxygen atoms in total. The van der Waals surface area contributed by atoms with Gasteiger partial charge >= 0.3 is 5.82 Å². The van der Waals surface area contributed by atoms with E-state index in [4.69, 9.17) is 11.6 Å². The molecule has 0 aliphatic carbocycles. The van der Waals surface area contributed by atoms with E-state index < -0.39 is 4.92 Å². The molecule has 5 heteroatoms. The number of hydrogen-bond donors (Lipinski definition) is 0. The fraction of sp³-hybridized carbons (Fsp3) is 0.167. The summed E-state index contributed by atoms with van der Waals surface area (Å²) in [6.07, 6.45) is 1.37. The zero-order valence-electron chi connectivity index (χ0n) is 5.53. The molecule has 0 saturated carbocycles. The van der Waals surface area contributed by atoms with E-state index in [1.54, 1.807) is 12.1 Å². The van der Waals surface area contributed by atoms with Crippen LogP contribution in [0, 0.1) is 10.1 Å². The third kappa shape index (κ3) is 1.65. The second-order valence-electron chi connectivity index (χ2n) is 1.88. The number of alkyl halides is 1. The fourth-order valence-corrected chi connectivity index (χ4v) is 0.908. The minimum absolute atomic E-state index is 0.115. The molecule has 0 atom stereocenters. The lowest BCUT2D eigenvalue weighted by Gasteiger charge is -1.95. The number of nitrogens with zero attached hydrogens (tertiary/aromatic N) is 2. The van der Waals surface area contributed by atoms with Gasteiger partial charge in [0.25, 0.3) is 0 Å². The van der Waals surface area contributed by atoms with Crippen molar-refractivity contribution in [3.05, 3.63) is 34.0 Å². The van der Waals surface area contributed by atoms with Crippen molar-refractivity contribution >= 4 is 17.4 Å². The van der Waals surface area contributed by atoms with Crippen molar-refractivity contribution in [1.82, 2.24) is 4.98 Å². The molecule has 0 bridgehead atoms. The van der Waals surface area contributed by atoms with Crippen LogP contribution in [0.5, 0.6) is 0 Å². The van der Waals surface area contributed by atoms with Crippen LogP contribution in [-0.4, -0.2) is 9.91 Å². The number of hydrogen-bond acceptors (Lipinski definition) is 3. The first-order valence-corrected chi connectivity index (χ1v) is 3.43. The topological polar surface area (TPSA) is 56.0 Å². The Morgan fingerprint density at radius 2 is 2.45 bits per heavy atom. The van der Waals surface area contributed by atoms with Gasteiger partial charge in [-0.3, -0.25) is 0 Å². The molecule has 1 rings (SSSR count). The highest BCUT2D eigenvalue weighted by Crippen LogP contribution is 2.15. The summed E-state index contributed by atoms with van der Waals surface area (Å²) in [5, 5.41) is 10.3. The van der Waals surface area contributed by atoms with Crippen molar-refractivity contribution in [3.63, 3.8) is 0 Å². The first-order chi connectivity index (χ1) is 5.25. The maximum Gasteiger partial charge on any atom is 0.367 e. The molecule has 1 aromatic heterocycles. The van der Waals surface area contributed by atoms with Gasteiger partial charge in [0.15, 0.2) is 0 Å². The molecule has 0 amide bonds. The summed E-state index contributed by atoms with van der Waals surface area (Å²) in [7, 11) is 0. The molecule has 1 aromatic rings. The molecule has 0 aliphatic rings. The number of pyridine rings is 1. The molecule has 0 unspecified atom stereocenters. The molecule has 0 saturated heterocycles. The Labute approximate surface area is 68.0 Å². The first-order valence-electron chi connectivity index (χ1n) is 2.90. The van der Waals surface area contributed by atoms with E-state index in [1.165, 1.54) is 6.20 Å². The third-order valence-corrected chi connectivity index (χ3v) is 1.47. The van der Waals surface area contributed by atoms with Gasteiger partial charge in [-0.05, 0) is 22.0 Å². The van der Waals surface area contributed by atoms with E-state index in [1.807, 2.05) is 0 Å². The zero-order valence-corrected chi connectivity index (χ0v) is 6.28. The monoisotopic (exact) mass is 172 g/mol. The van der Waals surface area contributed by atoms with Crippen molar-refractivity contribution in [3.8, 4) is 0 Å². The molecular weight excluding hydrogens is 168 g/mol. The lowest BCUT2D eigenvalue weighted by atomic mass is 10.3. The van der Waals surface area contributed by atoms with Gasteiger partial charge in [-0.25, -0.2) is 0 Å². The molecule has 0 fully saturated rings. The van der Waals surface area contributed by atoms with Crippen molar-refractivity contribution in [2.75, 3.05) is 0 Å². The van der Waals surface area contributed by atoms with E-state index in [0.717, 1.165) is 0 Å². The summed E-state index contributed by atoms with van der Waals surface area (Å²) >= 11 is 5.43. The Morgan fingerprint density at radius 3 is 2.91 bits per heavy atom. The number of aromatic nitrogens is 1. The lowest BCUT2D eigenvalue weighted by Crippen LogP contribution is -1.95. The quantitative estimate of drug-likeness (QED) is 0.388. The van der Waals surface area contributed by atoms with Gasteiger partial charge in [0.05, 0.1) is 11.4 Å². The molecule has 0 aliphatic heterocycles. The second-order valence-corrected chi connectivity index (χ2v) is 2.14. The molecule has 0 radical (unpaired) electrons. The predicted molar refractivity (Wildman–Crippen MR) is 40.4 cm³/mol. The number of rotatable bonds is 2. The van der Waals surface area contributed by atoms with Gasteiger partial charge in [0.1, 0.15) is 6.20 Å². The molecular formula is C6H5ClN2O2. The van der Waals surface area contributed by atoms with E-state index >= 15 is 0 Å². The van der Waals surface area contributed by atoms with Crippen LogP contribution in [-0.2, 0) is 5.88 Å². The zero-order chi connectivity index (χ0) is 8.27. The van der Waals surface area contributed by atoms with Crippen LogP contribution < -0.4 is 0 Å². The normalized spacial score (nSPS) is 9.55. The second kappa shape index (κ2) is 3.30. The highest BCUT2D eigenvalue weighted by atomic mass is 35.5. The third-order valence-electron chi connectivity index (χ3n) is 1.18. The average Bonchev–Trinajstić information content (AvgIpc) is 2.04. The largest absolute Gasteiger partial charge is 0.367 e. The van der Waals surface area contributed by atoms with Crippen LogP contribution in [0.1, 0.15) is 5.56 Å². The highest BCUT2D eigenvalue weighted by Gasteiger charge is 2.11. The van der Waals surface area contributed by atoms with Gasteiger partial charge < -0.3 is 10.1 Å². The summed E-state index contributed by atoms with van der Waals surface area (Å²) < 4.78 is 0. The average molecular weight is 173 g/mol. The van der Waals surface area contributed by atoms with E-state index in [2.05, 4.69) is 4.98 Å². The summed E-state index contributed by atoms with van der Waals surface area (Å²) in [6, 6.07) is 3.20. The maximum atomic E-state index is 10.3. The Kier molecular flexibility index (Phi) is 2.38. The molecule has 0 N–H and O–H groups in total. The van der Waals surface area contributed by atoms with Gasteiger partial charge in [-0.15, -0.1) is 11.6 Å². The SMILES string of the molecule is O=[N+]([O-])c1ncccc1CCl. The maximum absolute atomic E-state index is 10.3. The summed E-state index contributed by atoms with van der Waals surface area (Å²) in [6.45, 7) is 0. The molecule has 0 spiro atoms. The minimum atomic E-state index is -0.544. The Balaban J connectivity index is 3.12. The lowest BCUT2D eigenvalue weighted by molar-refractivity contribution is -0.390. The van der Waals surface area contributed by atoms with Crippen LogP contribution in [0.25, 0.3) is 0 Å². The van der Waals surface area contributed by atoms with E-state index in [0.29, 0.717) is 5.56 Å². The Hall–Kier alpha value is -1.16. The fourth-order valence-electron chi connectivity index (χ4n) is 0.699. The Bertz CT molecular complexity index is 277. The predicted octanol–water partition coefficient (Wildman–Crippen LogP) is 1.73. The van der Waals surface area contributed by atoms with Crippen molar-refractivity contribution in [2.24, 2.45) is 0 Å². The van der Waals surface area contributed by atoms with Crippen molar-refractivity contribution < 1.29 is 4.92 Å². The molecule has 0 aromatic carbocycles. The van der Waals surface area contributed by atoms with Crippen molar-refractivity contribution in [2.45, 2.75) is 5.88 Å². The van der Waals surface area contributed by atoms with Crippen LogP contribution in [0.2, 0.25) is 0 Å². The summed E-state index contributed by atoms with van der Waals surface area (Å²) in [5.41, 5.74) is 0.444. The van der Waals surface area contributed by atoms with Gasteiger partial charge in [-0.2, -0.15) is 0 Å². The van der Waals surface area contributed by atoms with E-state index in [-0.39, 0.29) is 11.7 Å². The standard InChI is InChI=1S/C6H5ClN2O2/c7-4-5-2-1-3-8-6(5)9(10)11/h1-3H,4H2. The summed E-state index contributed by atoms with van der Waals surface area (Å²) in [4.78, 5) is 13.3. The molecule has 11 heavy (non-hydrogen) atoms. The molecule has 1 heterocycles. The van der Waals surface area contributed by atoms with Crippen molar-refractivity contribution in [1.29, 1.82) is 0 Å².